The first kappa shape index (κ1) is 4.80. The second-order valence-electron chi connectivity index (χ2n) is 3.16. The van der Waals surface area contributed by atoms with E-state index >= 15 is 0 Å². The molecule has 0 bridgehead atoms. The highest BCUT2D eigenvalue weighted by Crippen LogP contribution is 2.46. The Morgan fingerprint density at radius 3 is 2.88 bits per heavy atom. The fraction of sp³-hybridized carbons (Fsp3) is 1.00. The third-order valence-corrected chi connectivity index (χ3v) is 2.42. The Labute approximate surface area is 50.0 Å². The van der Waals surface area contributed by atoms with Crippen LogP contribution < -0.4 is 0 Å². The van der Waals surface area contributed by atoms with Crippen LogP contribution in [0, 0.1) is 0 Å². The predicted octanol–water partition coefficient (Wildman–Crippen LogP) is 1.72. The van der Waals surface area contributed by atoms with E-state index in [0.29, 0.717) is 11.7 Å². The van der Waals surface area contributed by atoms with Crippen LogP contribution >= 0.6 is 0 Å². The van der Waals surface area contributed by atoms with E-state index in [0.717, 1.165) is 0 Å². The van der Waals surface area contributed by atoms with E-state index in [1.165, 1.54) is 25.7 Å². The number of hydrogen-bond donors (Lipinski definition) is 0. The molecule has 2 fully saturated rings. The standard InChI is InChI=1S/C7H12O/c1-7-5-3-2-4-6(7)8-7/h6H,2-5H2,1H3/t6?,7-/m0/s1. The SMILES string of the molecule is C[C@]12CCCCC1O2. The monoisotopic (exact) mass is 112 g/mol. The molecule has 1 heteroatoms. The molecule has 1 aliphatic carbocycles. The van der Waals surface area contributed by atoms with E-state index in [-0.39, 0.29) is 0 Å². The molecule has 1 unspecified atom stereocenters. The maximum Gasteiger partial charge on any atom is 0.0920 e. The molecule has 1 saturated heterocycles. The summed E-state index contributed by atoms with van der Waals surface area (Å²) in [5.74, 6) is 0. The van der Waals surface area contributed by atoms with Crippen molar-refractivity contribution in [1.82, 2.24) is 0 Å². The molecule has 1 nitrogen and oxygen atoms in total. The highest BCUT2D eigenvalue weighted by atomic mass is 16.6. The average Bonchev–Trinajstić information content (AvgIpc) is 2.39. The lowest BCUT2D eigenvalue weighted by Crippen LogP contribution is -2.13. The summed E-state index contributed by atoms with van der Waals surface area (Å²) < 4.78 is 5.47. The smallest absolute Gasteiger partial charge is 0.0920 e. The Morgan fingerprint density at radius 2 is 2.38 bits per heavy atom. The third-order valence-electron chi connectivity index (χ3n) is 2.42. The zero-order valence-corrected chi connectivity index (χ0v) is 5.31. The van der Waals surface area contributed by atoms with Crippen LogP contribution in [0.1, 0.15) is 32.6 Å². The maximum absolute atomic E-state index is 5.47. The molecule has 2 rings (SSSR count). The molecule has 0 radical (unpaired) electrons. The Bertz CT molecular complexity index is 109. The van der Waals surface area contributed by atoms with Crippen molar-refractivity contribution in [3.8, 4) is 0 Å². The molecular weight excluding hydrogens is 100 g/mol. The molecule has 2 atom stereocenters. The van der Waals surface area contributed by atoms with Gasteiger partial charge in [-0.1, -0.05) is 12.8 Å². The normalized spacial score (nSPS) is 52.9. The summed E-state index contributed by atoms with van der Waals surface area (Å²) in [7, 11) is 0. The number of ether oxygens (including phenoxy) is 1. The Balaban J connectivity index is 2.04. The lowest BCUT2D eigenvalue weighted by Gasteiger charge is -2.09. The van der Waals surface area contributed by atoms with Gasteiger partial charge in [0, 0.05) is 0 Å². The van der Waals surface area contributed by atoms with Crippen molar-refractivity contribution in [1.29, 1.82) is 0 Å². The number of fused-ring (bicyclic) bond motifs is 1. The lowest BCUT2D eigenvalue weighted by molar-refractivity contribution is 0.304. The maximum atomic E-state index is 5.47. The van der Waals surface area contributed by atoms with Crippen molar-refractivity contribution in [2.45, 2.75) is 44.3 Å². The van der Waals surface area contributed by atoms with Gasteiger partial charge < -0.3 is 4.74 Å². The van der Waals surface area contributed by atoms with Gasteiger partial charge in [0.1, 0.15) is 0 Å². The van der Waals surface area contributed by atoms with Crippen LogP contribution in [-0.4, -0.2) is 11.7 Å². The summed E-state index contributed by atoms with van der Waals surface area (Å²) in [5.41, 5.74) is 0.345. The molecule has 1 aliphatic heterocycles. The van der Waals surface area contributed by atoms with Gasteiger partial charge in [0.25, 0.3) is 0 Å². The fourth-order valence-corrected chi connectivity index (χ4v) is 1.68. The minimum atomic E-state index is 0.345. The van der Waals surface area contributed by atoms with Crippen molar-refractivity contribution in [2.75, 3.05) is 0 Å². The summed E-state index contributed by atoms with van der Waals surface area (Å²) in [5, 5.41) is 0. The topological polar surface area (TPSA) is 12.5 Å². The molecule has 0 aromatic carbocycles. The van der Waals surface area contributed by atoms with Gasteiger partial charge >= 0.3 is 0 Å². The zero-order chi connectivity index (χ0) is 5.61. The molecule has 1 saturated carbocycles. The Morgan fingerprint density at radius 1 is 1.50 bits per heavy atom. The second kappa shape index (κ2) is 1.27. The van der Waals surface area contributed by atoms with Crippen LogP contribution in [0.3, 0.4) is 0 Å². The van der Waals surface area contributed by atoms with Crippen molar-refractivity contribution < 1.29 is 4.74 Å². The van der Waals surface area contributed by atoms with Gasteiger partial charge in [-0.25, -0.2) is 0 Å². The highest BCUT2D eigenvalue weighted by Gasteiger charge is 2.52. The largest absolute Gasteiger partial charge is 0.366 e. The molecule has 2 aliphatic rings. The minimum Gasteiger partial charge on any atom is -0.366 e. The van der Waals surface area contributed by atoms with Crippen molar-refractivity contribution in [2.24, 2.45) is 0 Å². The lowest BCUT2D eigenvalue weighted by atomic mass is 9.91. The number of hydrogen-bond acceptors (Lipinski definition) is 1. The minimum absolute atomic E-state index is 0.345. The summed E-state index contributed by atoms with van der Waals surface area (Å²) >= 11 is 0. The molecule has 0 aromatic rings. The molecule has 0 aromatic heterocycles. The zero-order valence-electron chi connectivity index (χ0n) is 5.31. The van der Waals surface area contributed by atoms with E-state index < -0.39 is 0 Å². The molecule has 1 heterocycles. The summed E-state index contributed by atoms with van der Waals surface area (Å²) in [4.78, 5) is 0. The molecule has 46 valence electrons. The molecule has 0 amide bonds. The fourth-order valence-electron chi connectivity index (χ4n) is 1.68. The predicted molar refractivity (Wildman–Crippen MR) is 31.7 cm³/mol. The van der Waals surface area contributed by atoms with E-state index in [4.69, 9.17) is 4.74 Å². The molecular formula is C7H12O. The van der Waals surface area contributed by atoms with Crippen molar-refractivity contribution >= 4 is 0 Å². The summed E-state index contributed by atoms with van der Waals surface area (Å²) in [6.45, 7) is 2.23. The van der Waals surface area contributed by atoms with Crippen LogP contribution in [0.5, 0.6) is 0 Å². The van der Waals surface area contributed by atoms with Crippen molar-refractivity contribution in [3.63, 3.8) is 0 Å². The van der Waals surface area contributed by atoms with Gasteiger partial charge in [-0.2, -0.15) is 0 Å². The van der Waals surface area contributed by atoms with E-state index in [2.05, 4.69) is 6.92 Å². The first-order valence-electron chi connectivity index (χ1n) is 3.49. The second-order valence-corrected chi connectivity index (χ2v) is 3.16. The Kier molecular flexibility index (Phi) is 0.762. The van der Waals surface area contributed by atoms with E-state index in [9.17, 15) is 0 Å². The Hall–Kier alpha value is -0.0400. The first-order valence-corrected chi connectivity index (χ1v) is 3.49. The number of rotatable bonds is 0. The van der Waals surface area contributed by atoms with Crippen LogP contribution in [0.4, 0.5) is 0 Å². The van der Waals surface area contributed by atoms with E-state index in [1.54, 1.807) is 0 Å². The first-order chi connectivity index (χ1) is 3.81. The number of epoxide rings is 1. The third kappa shape index (κ3) is 0.510. The molecule has 0 spiro atoms. The van der Waals surface area contributed by atoms with Crippen LogP contribution in [-0.2, 0) is 4.74 Å². The quantitative estimate of drug-likeness (QED) is 0.435. The van der Waals surface area contributed by atoms with Crippen LogP contribution in [0.15, 0.2) is 0 Å². The van der Waals surface area contributed by atoms with E-state index in [1.807, 2.05) is 0 Å². The van der Waals surface area contributed by atoms with Gasteiger partial charge in [0.15, 0.2) is 0 Å². The van der Waals surface area contributed by atoms with Crippen LogP contribution in [0.25, 0.3) is 0 Å². The molecule has 8 heavy (non-hydrogen) atoms. The van der Waals surface area contributed by atoms with Gasteiger partial charge in [-0.3, -0.25) is 0 Å². The summed E-state index contributed by atoms with van der Waals surface area (Å²) in [6.07, 6.45) is 6.04. The van der Waals surface area contributed by atoms with Crippen molar-refractivity contribution in [3.05, 3.63) is 0 Å². The van der Waals surface area contributed by atoms with Gasteiger partial charge in [0.05, 0.1) is 11.7 Å². The van der Waals surface area contributed by atoms with Gasteiger partial charge in [-0.15, -0.1) is 0 Å². The highest BCUT2D eigenvalue weighted by molar-refractivity contribution is 5.01. The van der Waals surface area contributed by atoms with Gasteiger partial charge in [0.2, 0.25) is 0 Å². The molecule has 0 N–H and O–H groups in total. The van der Waals surface area contributed by atoms with Gasteiger partial charge in [-0.05, 0) is 19.8 Å². The van der Waals surface area contributed by atoms with Crippen LogP contribution in [0.2, 0.25) is 0 Å². The average molecular weight is 112 g/mol. The summed E-state index contributed by atoms with van der Waals surface area (Å²) in [6, 6.07) is 0.